The van der Waals surface area contributed by atoms with Gasteiger partial charge in [-0.2, -0.15) is 0 Å². The number of rotatable bonds is 4. The summed E-state index contributed by atoms with van der Waals surface area (Å²) >= 11 is 0. The molecule has 0 bridgehead atoms. The number of hydrogen-bond acceptors (Lipinski definition) is 5. The van der Waals surface area contributed by atoms with E-state index in [1.807, 2.05) is 0 Å². The number of benzene rings is 1. The van der Waals surface area contributed by atoms with Gasteiger partial charge in [-0.1, -0.05) is 0 Å². The Morgan fingerprint density at radius 1 is 1.52 bits per heavy atom. The number of hydrogen-bond donors (Lipinski definition) is 3. The molecule has 114 valence electrons. The van der Waals surface area contributed by atoms with Crippen molar-refractivity contribution >= 4 is 17.4 Å². The minimum Gasteiger partial charge on any atom is -0.385 e. The van der Waals surface area contributed by atoms with Crippen LogP contribution in [-0.4, -0.2) is 40.9 Å². The summed E-state index contributed by atoms with van der Waals surface area (Å²) in [6, 6.07) is 4.99. The zero-order chi connectivity index (χ0) is 15.5. The number of nitro groups is 1. The molecule has 8 heteroatoms. The van der Waals surface area contributed by atoms with Gasteiger partial charge < -0.3 is 20.5 Å². The Kier molecular flexibility index (Phi) is 4.39. The van der Waals surface area contributed by atoms with Gasteiger partial charge in [-0.15, -0.1) is 0 Å². The van der Waals surface area contributed by atoms with E-state index in [9.17, 15) is 20.0 Å². The molecule has 0 aromatic heterocycles. The predicted molar refractivity (Wildman–Crippen MR) is 75.1 cm³/mol. The normalized spacial score (nSPS) is 24.6. The molecular weight excluding hydrogens is 278 g/mol. The van der Waals surface area contributed by atoms with E-state index in [2.05, 4.69) is 10.6 Å². The van der Waals surface area contributed by atoms with Crippen LogP contribution in [0.3, 0.4) is 0 Å². The molecule has 2 atom stereocenters. The summed E-state index contributed by atoms with van der Waals surface area (Å²) in [5.41, 5.74) is -0.680. The fourth-order valence-corrected chi connectivity index (χ4v) is 2.08. The SMILES string of the molecule is CC1OCCC1(O)CNC(=O)Nc1ccc([N+](=O)[O-])cc1. The minimum absolute atomic E-state index is 0.0489. The summed E-state index contributed by atoms with van der Waals surface area (Å²) in [4.78, 5) is 21.7. The Labute approximate surface area is 121 Å². The van der Waals surface area contributed by atoms with Gasteiger partial charge in [0, 0.05) is 30.8 Å². The maximum absolute atomic E-state index is 11.7. The van der Waals surface area contributed by atoms with Crippen LogP contribution in [0.25, 0.3) is 0 Å². The van der Waals surface area contributed by atoms with Gasteiger partial charge in [0.15, 0.2) is 0 Å². The van der Waals surface area contributed by atoms with Crippen LogP contribution in [0.5, 0.6) is 0 Å². The first-order chi connectivity index (χ1) is 9.90. The van der Waals surface area contributed by atoms with E-state index in [0.717, 1.165) is 0 Å². The van der Waals surface area contributed by atoms with Crippen molar-refractivity contribution < 1.29 is 19.6 Å². The Morgan fingerprint density at radius 3 is 2.71 bits per heavy atom. The maximum atomic E-state index is 11.7. The molecule has 3 N–H and O–H groups in total. The number of ether oxygens (including phenoxy) is 1. The van der Waals surface area contributed by atoms with Crippen molar-refractivity contribution in [2.45, 2.75) is 25.0 Å². The molecule has 1 fully saturated rings. The predicted octanol–water partition coefficient (Wildman–Crippen LogP) is 1.26. The number of anilines is 1. The Hall–Kier alpha value is -2.19. The summed E-state index contributed by atoms with van der Waals surface area (Å²) in [6.45, 7) is 2.29. The zero-order valence-electron chi connectivity index (χ0n) is 11.5. The second-order valence-electron chi connectivity index (χ2n) is 4.98. The Morgan fingerprint density at radius 2 is 2.19 bits per heavy atom. The van der Waals surface area contributed by atoms with Crippen LogP contribution >= 0.6 is 0 Å². The molecule has 2 unspecified atom stereocenters. The van der Waals surface area contributed by atoms with Crippen LogP contribution in [0.1, 0.15) is 13.3 Å². The van der Waals surface area contributed by atoms with Gasteiger partial charge >= 0.3 is 6.03 Å². The highest BCUT2D eigenvalue weighted by Crippen LogP contribution is 2.24. The lowest BCUT2D eigenvalue weighted by Gasteiger charge is -2.26. The molecule has 1 aliphatic heterocycles. The van der Waals surface area contributed by atoms with Crippen molar-refractivity contribution in [1.29, 1.82) is 0 Å². The Balaban J connectivity index is 1.85. The van der Waals surface area contributed by atoms with Crippen LogP contribution < -0.4 is 10.6 Å². The lowest BCUT2D eigenvalue weighted by Crippen LogP contribution is -2.48. The number of amides is 2. The lowest BCUT2D eigenvalue weighted by molar-refractivity contribution is -0.384. The Bertz CT molecular complexity index is 533. The number of urea groups is 1. The van der Waals surface area contributed by atoms with Crippen molar-refractivity contribution in [2.24, 2.45) is 0 Å². The smallest absolute Gasteiger partial charge is 0.319 e. The van der Waals surface area contributed by atoms with E-state index in [1.54, 1.807) is 6.92 Å². The summed E-state index contributed by atoms with van der Waals surface area (Å²) in [5.74, 6) is 0. The van der Waals surface area contributed by atoms with Gasteiger partial charge in [0.2, 0.25) is 0 Å². The average molecular weight is 295 g/mol. The summed E-state index contributed by atoms with van der Waals surface area (Å²) in [7, 11) is 0. The van der Waals surface area contributed by atoms with Gasteiger partial charge in [-0.3, -0.25) is 10.1 Å². The molecule has 0 aliphatic carbocycles. The standard InChI is InChI=1S/C13H17N3O5/c1-9-13(18,6-7-21-9)8-14-12(17)15-10-2-4-11(5-3-10)16(19)20/h2-5,9,18H,6-8H2,1H3,(H2,14,15,17). The molecule has 1 aromatic carbocycles. The molecule has 0 spiro atoms. The van der Waals surface area contributed by atoms with E-state index < -0.39 is 16.6 Å². The highest BCUT2D eigenvalue weighted by molar-refractivity contribution is 5.89. The topological polar surface area (TPSA) is 114 Å². The van der Waals surface area contributed by atoms with Crippen molar-refractivity contribution in [1.82, 2.24) is 5.32 Å². The van der Waals surface area contributed by atoms with Crippen molar-refractivity contribution in [2.75, 3.05) is 18.5 Å². The summed E-state index contributed by atoms with van der Waals surface area (Å²) in [5, 5.41) is 25.9. The average Bonchev–Trinajstić information content (AvgIpc) is 2.78. The maximum Gasteiger partial charge on any atom is 0.319 e. The number of nitrogens with one attached hydrogen (secondary N) is 2. The number of aliphatic hydroxyl groups is 1. The number of carbonyl (C=O) groups excluding carboxylic acids is 1. The van der Waals surface area contributed by atoms with Gasteiger partial charge in [-0.25, -0.2) is 4.79 Å². The molecule has 1 heterocycles. The van der Waals surface area contributed by atoms with E-state index in [4.69, 9.17) is 4.74 Å². The van der Waals surface area contributed by atoms with Gasteiger partial charge in [-0.05, 0) is 19.1 Å². The van der Waals surface area contributed by atoms with E-state index >= 15 is 0 Å². The lowest BCUT2D eigenvalue weighted by atomic mass is 9.97. The van der Waals surface area contributed by atoms with Gasteiger partial charge in [0.05, 0.1) is 17.6 Å². The van der Waals surface area contributed by atoms with Crippen LogP contribution in [0.4, 0.5) is 16.2 Å². The molecule has 21 heavy (non-hydrogen) atoms. The van der Waals surface area contributed by atoms with Crippen LogP contribution in [0.2, 0.25) is 0 Å². The van der Waals surface area contributed by atoms with Crippen LogP contribution in [-0.2, 0) is 4.74 Å². The third-order valence-electron chi connectivity index (χ3n) is 3.55. The third-order valence-corrected chi connectivity index (χ3v) is 3.55. The molecule has 0 radical (unpaired) electrons. The van der Waals surface area contributed by atoms with Crippen LogP contribution in [0.15, 0.2) is 24.3 Å². The van der Waals surface area contributed by atoms with E-state index in [-0.39, 0.29) is 18.3 Å². The fraction of sp³-hybridized carbons (Fsp3) is 0.462. The molecule has 8 nitrogen and oxygen atoms in total. The number of non-ortho nitro benzene ring substituents is 1. The number of nitrogens with zero attached hydrogens (tertiary/aromatic N) is 1. The van der Waals surface area contributed by atoms with E-state index in [1.165, 1.54) is 24.3 Å². The first-order valence-corrected chi connectivity index (χ1v) is 6.54. The molecule has 1 aromatic rings. The summed E-state index contributed by atoms with van der Waals surface area (Å²) in [6.07, 6.45) is 0.128. The zero-order valence-corrected chi connectivity index (χ0v) is 11.5. The van der Waals surface area contributed by atoms with Crippen molar-refractivity contribution in [3.8, 4) is 0 Å². The number of nitro benzene ring substituents is 1. The highest BCUT2D eigenvalue weighted by atomic mass is 16.6. The van der Waals surface area contributed by atoms with Crippen molar-refractivity contribution in [3.05, 3.63) is 34.4 Å². The third kappa shape index (κ3) is 3.67. The monoisotopic (exact) mass is 295 g/mol. The first kappa shape index (κ1) is 15.2. The highest BCUT2D eigenvalue weighted by Gasteiger charge is 2.39. The van der Waals surface area contributed by atoms with Gasteiger partial charge in [0.25, 0.3) is 5.69 Å². The quantitative estimate of drug-likeness (QED) is 0.571. The molecular formula is C13H17N3O5. The second kappa shape index (κ2) is 6.06. The van der Waals surface area contributed by atoms with Crippen molar-refractivity contribution in [3.63, 3.8) is 0 Å². The molecule has 2 amide bonds. The molecule has 2 rings (SSSR count). The fourth-order valence-electron chi connectivity index (χ4n) is 2.08. The molecule has 1 aliphatic rings. The number of carbonyl (C=O) groups is 1. The first-order valence-electron chi connectivity index (χ1n) is 6.54. The van der Waals surface area contributed by atoms with Gasteiger partial charge in [0.1, 0.15) is 5.60 Å². The molecule has 0 saturated carbocycles. The summed E-state index contributed by atoms with van der Waals surface area (Å²) < 4.78 is 5.27. The second-order valence-corrected chi connectivity index (χ2v) is 4.98. The minimum atomic E-state index is -1.06. The largest absolute Gasteiger partial charge is 0.385 e. The van der Waals surface area contributed by atoms with Crippen LogP contribution in [0, 0.1) is 10.1 Å². The van der Waals surface area contributed by atoms with E-state index in [0.29, 0.717) is 18.7 Å². The molecule has 1 saturated heterocycles.